The highest BCUT2D eigenvalue weighted by molar-refractivity contribution is 5.92. The van der Waals surface area contributed by atoms with Crippen LogP contribution in [0.15, 0.2) is 11.2 Å². The number of nitrogens with zero attached hydrogens (tertiary/aromatic N) is 4. The fourth-order valence-electron chi connectivity index (χ4n) is 2.36. The van der Waals surface area contributed by atoms with E-state index in [2.05, 4.69) is 10.2 Å². The van der Waals surface area contributed by atoms with Gasteiger partial charge in [0.2, 0.25) is 11.6 Å². The number of aryl methyl sites for hydroxylation is 3. The van der Waals surface area contributed by atoms with Crippen LogP contribution in [0.25, 0.3) is 0 Å². The van der Waals surface area contributed by atoms with Gasteiger partial charge in [-0.25, -0.2) is 17.6 Å². The van der Waals surface area contributed by atoms with Gasteiger partial charge in [0, 0.05) is 18.5 Å². The first kappa shape index (κ1) is 17.4. The van der Waals surface area contributed by atoms with E-state index in [-0.39, 0.29) is 18.0 Å². The monoisotopic (exact) mass is 336 g/mol. The van der Waals surface area contributed by atoms with Gasteiger partial charge in [-0.15, -0.1) is 0 Å². The zero-order valence-corrected chi connectivity index (χ0v) is 12.5. The summed E-state index contributed by atoms with van der Waals surface area (Å²) < 4.78 is 52.8. The highest BCUT2D eigenvalue weighted by atomic mass is 19.3. The maximum absolute atomic E-state index is 13.0. The first-order valence-corrected chi connectivity index (χ1v) is 6.85. The van der Waals surface area contributed by atoms with E-state index in [0.29, 0.717) is 0 Å². The van der Waals surface area contributed by atoms with Crippen LogP contribution < -0.4 is 0 Å². The maximum atomic E-state index is 13.0. The van der Waals surface area contributed by atoms with Crippen LogP contribution in [0.4, 0.5) is 17.6 Å². The lowest BCUT2D eigenvalue weighted by Gasteiger charge is -2.30. The molecule has 128 valence electrons. The van der Waals surface area contributed by atoms with Gasteiger partial charge < -0.3 is 5.11 Å². The molecule has 2 heterocycles. The van der Waals surface area contributed by atoms with Gasteiger partial charge in [0.1, 0.15) is 5.71 Å². The van der Waals surface area contributed by atoms with Crippen molar-refractivity contribution in [1.82, 2.24) is 14.8 Å². The normalized spacial score (nSPS) is 21.4. The van der Waals surface area contributed by atoms with Crippen molar-refractivity contribution in [2.45, 2.75) is 51.8 Å². The van der Waals surface area contributed by atoms with E-state index in [1.165, 1.54) is 4.68 Å². The molecular weight excluding hydrogens is 320 g/mol. The topological polar surface area (TPSA) is 70.7 Å². The zero-order chi connectivity index (χ0) is 17.4. The number of amides is 1. The molecule has 6 nitrogen and oxygen atoms in total. The molecule has 0 radical (unpaired) electrons. The van der Waals surface area contributed by atoms with Gasteiger partial charge in [-0.3, -0.25) is 9.48 Å². The largest absolute Gasteiger partial charge is 0.364 e. The lowest BCUT2D eigenvalue weighted by atomic mass is 10.1. The Morgan fingerprint density at radius 2 is 2.04 bits per heavy atom. The highest BCUT2D eigenvalue weighted by Gasteiger charge is 2.53. The molecule has 0 fully saturated rings. The highest BCUT2D eigenvalue weighted by Crippen LogP contribution is 2.33. The third-order valence-corrected chi connectivity index (χ3v) is 3.51. The zero-order valence-electron chi connectivity index (χ0n) is 12.5. The Bertz CT molecular complexity index is 631. The number of rotatable bonds is 5. The van der Waals surface area contributed by atoms with E-state index in [4.69, 9.17) is 0 Å². The van der Waals surface area contributed by atoms with Crippen molar-refractivity contribution < 1.29 is 27.5 Å². The molecule has 1 N–H and O–H groups in total. The van der Waals surface area contributed by atoms with E-state index in [1.807, 2.05) is 0 Å². The molecule has 1 aromatic rings. The summed E-state index contributed by atoms with van der Waals surface area (Å²) in [6.45, 7) is 3.57. The smallest absolute Gasteiger partial charge is 0.287 e. The molecule has 0 aliphatic carbocycles. The van der Waals surface area contributed by atoms with E-state index in [1.54, 1.807) is 19.9 Å². The van der Waals surface area contributed by atoms with Crippen LogP contribution in [-0.2, 0) is 11.3 Å². The van der Waals surface area contributed by atoms with Crippen LogP contribution in [0.1, 0.15) is 24.2 Å². The first-order valence-electron chi connectivity index (χ1n) is 6.85. The molecule has 1 aromatic heterocycles. The van der Waals surface area contributed by atoms with Gasteiger partial charge >= 0.3 is 0 Å². The second-order valence-corrected chi connectivity index (χ2v) is 5.35. The molecule has 10 heteroatoms. The van der Waals surface area contributed by atoms with Gasteiger partial charge in [0.05, 0.1) is 12.2 Å². The molecule has 1 atom stereocenters. The molecule has 1 aliphatic heterocycles. The lowest BCUT2D eigenvalue weighted by molar-refractivity contribution is -0.192. The van der Waals surface area contributed by atoms with E-state index in [9.17, 15) is 27.5 Å². The van der Waals surface area contributed by atoms with Gasteiger partial charge in [0.25, 0.3) is 12.9 Å². The van der Waals surface area contributed by atoms with Crippen LogP contribution in [0.5, 0.6) is 0 Å². The third-order valence-electron chi connectivity index (χ3n) is 3.51. The average molecular weight is 336 g/mol. The number of halogens is 4. The van der Waals surface area contributed by atoms with Crippen molar-refractivity contribution in [3.8, 4) is 0 Å². The predicted octanol–water partition coefficient (Wildman–Crippen LogP) is 1.70. The number of hydrogen-bond donors (Lipinski definition) is 1. The van der Waals surface area contributed by atoms with Crippen LogP contribution in [0.3, 0.4) is 0 Å². The molecule has 1 unspecified atom stereocenters. The van der Waals surface area contributed by atoms with Crippen LogP contribution >= 0.6 is 0 Å². The molecule has 2 rings (SSSR count). The number of aliphatic hydroxyl groups is 1. The molecule has 0 saturated carbocycles. The second-order valence-electron chi connectivity index (χ2n) is 5.35. The summed E-state index contributed by atoms with van der Waals surface area (Å²) in [4.78, 5) is 12.1. The Labute approximate surface area is 129 Å². The van der Waals surface area contributed by atoms with Crippen molar-refractivity contribution >= 4 is 11.6 Å². The molecular formula is C13H16F4N4O2. The quantitative estimate of drug-likeness (QED) is 0.832. The minimum Gasteiger partial charge on any atom is -0.364 e. The summed E-state index contributed by atoms with van der Waals surface area (Å²) in [6.07, 6.45) is -7.92. The molecule has 23 heavy (non-hydrogen) atoms. The molecule has 1 aliphatic rings. The fraction of sp³-hybridized carbons (Fsp3) is 0.615. The SMILES string of the molecule is Cc1cc(C)n(CCC(=O)N2N=C(C(F)F)CC2(O)C(F)F)n1. The Morgan fingerprint density at radius 3 is 2.52 bits per heavy atom. The van der Waals surface area contributed by atoms with Gasteiger partial charge in [-0.05, 0) is 19.9 Å². The first-order chi connectivity index (χ1) is 10.6. The molecule has 1 amide bonds. The Kier molecular flexibility index (Phi) is 4.73. The Balaban J connectivity index is 2.13. The Hall–Kier alpha value is -1.97. The number of carbonyl (C=O) groups is 1. The average Bonchev–Trinajstić information content (AvgIpc) is 2.97. The number of hydrazone groups is 1. The summed E-state index contributed by atoms with van der Waals surface area (Å²) in [5.41, 5.74) is -2.49. The number of hydrogen-bond acceptors (Lipinski definition) is 4. The standard InChI is InChI=1S/C13H16F4N4O2/c1-7-5-8(2)20(18-7)4-3-10(22)21-13(23,12(16)17)6-9(19-21)11(14)15/h5,11-12,23H,3-4,6H2,1-2H3. The van der Waals surface area contributed by atoms with Gasteiger partial charge in [0.15, 0.2) is 0 Å². The minimum atomic E-state index is -3.42. The molecule has 0 bridgehead atoms. The number of aromatic nitrogens is 2. The summed E-state index contributed by atoms with van der Waals surface area (Å²) in [7, 11) is 0. The summed E-state index contributed by atoms with van der Waals surface area (Å²) in [6, 6.07) is 1.77. The third kappa shape index (κ3) is 3.36. The predicted molar refractivity (Wildman–Crippen MR) is 72.2 cm³/mol. The van der Waals surface area contributed by atoms with Crippen LogP contribution in [0.2, 0.25) is 0 Å². The van der Waals surface area contributed by atoms with Crippen molar-refractivity contribution in [3.63, 3.8) is 0 Å². The fourth-order valence-corrected chi connectivity index (χ4v) is 2.36. The summed E-state index contributed by atoms with van der Waals surface area (Å²) in [5.74, 6) is -0.976. The lowest BCUT2D eigenvalue weighted by Crippen LogP contribution is -2.51. The van der Waals surface area contributed by atoms with E-state index >= 15 is 0 Å². The number of carbonyl (C=O) groups excluding carboxylic acids is 1. The second kappa shape index (κ2) is 6.26. The van der Waals surface area contributed by atoms with Crippen molar-refractivity contribution in [2.75, 3.05) is 0 Å². The van der Waals surface area contributed by atoms with E-state index < -0.39 is 36.6 Å². The van der Waals surface area contributed by atoms with Crippen molar-refractivity contribution in [2.24, 2.45) is 5.10 Å². The molecule has 0 spiro atoms. The van der Waals surface area contributed by atoms with Crippen LogP contribution in [0, 0.1) is 13.8 Å². The maximum Gasteiger partial charge on any atom is 0.287 e. The van der Waals surface area contributed by atoms with E-state index in [0.717, 1.165) is 11.4 Å². The summed E-state index contributed by atoms with van der Waals surface area (Å²) in [5, 5.41) is 17.2. The number of alkyl halides is 4. The van der Waals surface area contributed by atoms with Crippen molar-refractivity contribution in [3.05, 3.63) is 17.5 Å². The van der Waals surface area contributed by atoms with Gasteiger partial charge in [-0.2, -0.15) is 15.2 Å². The summed E-state index contributed by atoms with van der Waals surface area (Å²) >= 11 is 0. The van der Waals surface area contributed by atoms with Crippen molar-refractivity contribution in [1.29, 1.82) is 0 Å². The molecule has 0 aromatic carbocycles. The molecule has 0 saturated heterocycles. The van der Waals surface area contributed by atoms with Gasteiger partial charge in [-0.1, -0.05) is 0 Å². The Morgan fingerprint density at radius 1 is 1.39 bits per heavy atom. The minimum absolute atomic E-state index is 0.0633. The van der Waals surface area contributed by atoms with Crippen LogP contribution in [-0.4, -0.2) is 50.1 Å².